The third kappa shape index (κ3) is 4.09. The van der Waals surface area contributed by atoms with Gasteiger partial charge in [0.25, 0.3) is 0 Å². The second kappa shape index (κ2) is 7.28. The Bertz CT molecular complexity index is 526. The topological polar surface area (TPSA) is 53.7 Å². The Morgan fingerprint density at radius 2 is 1.50 bits per heavy atom. The van der Waals surface area contributed by atoms with Crippen molar-refractivity contribution in [1.29, 1.82) is 0 Å². The van der Waals surface area contributed by atoms with Gasteiger partial charge in [-0.1, -0.05) is 12.1 Å². The summed E-state index contributed by atoms with van der Waals surface area (Å²) in [6, 6.07) is 15.0. The molecule has 0 aliphatic rings. The van der Waals surface area contributed by atoms with Gasteiger partial charge in [-0.2, -0.15) is 0 Å². The third-order valence-corrected chi connectivity index (χ3v) is 2.76. The molecular formula is C16H19NO3. The lowest BCUT2D eigenvalue weighted by atomic mass is 10.3. The molecule has 0 bridgehead atoms. The smallest absolute Gasteiger partial charge is 0.161 e. The number of anilines is 1. The van der Waals surface area contributed by atoms with Crippen molar-refractivity contribution in [2.24, 2.45) is 0 Å². The van der Waals surface area contributed by atoms with Gasteiger partial charge in [0.05, 0.1) is 20.3 Å². The number of para-hydroxylation sites is 2. The molecule has 0 amide bonds. The average Bonchev–Trinajstić information content (AvgIpc) is 2.49. The Morgan fingerprint density at radius 3 is 2.20 bits per heavy atom. The number of nitrogens with two attached hydrogens (primary N) is 1. The number of hydrogen-bond donors (Lipinski definition) is 1. The van der Waals surface area contributed by atoms with Gasteiger partial charge in [-0.05, 0) is 36.4 Å². The minimum Gasteiger partial charge on any atom is -0.493 e. The Labute approximate surface area is 119 Å². The number of ether oxygens (including phenoxy) is 3. The molecule has 2 aromatic rings. The van der Waals surface area contributed by atoms with Crippen LogP contribution in [0.15, 0.2) is 48.5 Å². The summed E-state index contributed by atoms with van der Waals surface area (Å²) < 4.78 is 16.5. The van der Waals surface area contributed by atoms with E-state index in [0.717, 1.165) is 29.4 Å². The summed E-state index contributed by atoms with van der Waals surface area (Å²) in [5.74, 6) is 2.31. The summed E-state index contributed by atoms with van der Waals surface area (Å²) in [6.45, 7) is 1.18. The van der Waals surface area contributed by atoms with Crippen LogP contribution in [0.5, 0.6) is 17.2 Å². The van der Waals surface area contributed by atoms with Gasteiger partial charge in [0.15, 0.2) is 11.5 Å². The summed E-state index contributed by atoms with van der Waals surface area (Å²) in [7, 11) is 1.63. The lowest BCUT2D eigenvalue weighted by Gasteiger charge is -2.10. The van der Waals surface area contributed by atoms with Crippen molar-refractivity contribution in [3.05, 3.63) is 48.5 Å². The SMILES string of the molecule is COc1ccccc1OCCCOc1ccc(N)cc1. The standard InChI is InChI=1S/C16H19NO3/c1-18-15-5-2-3-6-16(15)20-12-4-11-19-14-9-7-13(17)8-10-14/h2-3,5-10H,4,11-12,17H2,1H3. The maximum Gasteiger partial charge on any atom is 0.161 e. The minimum atomic E-state index is 0.579. The van der Waals surface area contributed by atoms with E-state index in [0.29, 0.717) is 13.2 Å². The fourth-order valence-electron chi connectivity index (χ4n) is 1.73. The minimum absolute atomic E-state index is 0.579. The van der Waals surface area contributed by atoms with E-state index in [1.54, 1.807) is 7.11 Å². The molecule has 2 N–H and O–H groups in total. The lowest BCUT2D eigenvalue weighted by Crippen LogP contribution is -2.05. The molecule has 0 unspecified atom stereocenters. The first kappa shape index (κ1) is 14.1. The zero-order chi connectivity index (χ0) is 14.2. The normalized spacial score (nSPS) is 10.1. The first-order chi connectivity index (χ1) is 9.79. The van der Waals surface area contributed by atoms with Crippen LogP contribution >= 0.6 is 0 Å². The van der Waals surface area contributed by atoms with Crippen molar-refractivity contribution in [1.82, 2.24) is 0 Å². The van der Waals surface area contributed by atoms with E-state index in [9.17, 15) is 0 Å². The van der Waals surface area contributed by atoms with Gasteiger partial charge in [0.1, 0.15) is 5.75 Å². The molecule has 0 heterocycles. The molecule has 20 heavy (non-hydrogen) atoms. The zero-order valence-electron chi connectivity index (χ0n) is 11.5. The highest BCUT2D eigenvalue weighted by atomic mass is 16.5. The van der Waals surface area contributed by atoms with Gasteiger partial charge < -0.3 is 19.9 Å². The molecular weight excluding hydrogens is 254 g/mol. The number of rotatable bonds is 7. The summed E-state index contributed by atoms with van der Waals surface area (Å²) in [6.07, 6.45) is 0.794. The van der Waals surface area contributed by atoms with E-state index >= 15 is 0 Å². The molecule has 2 aromatic carbocycles. The van der Waals surface area contributed by atoms with E-state index in [1.807, 2.05) is 48.5 Å². The van der Waals surface area contributed by atoms with Gasteiger partial charge in [-0.3, -0.25) is 0 Å². The molecule has 0 radical (unpaired) electrons. The predicted molar refractivity (Wildman–Crippen MR) is 79.5 cm³/mol. The Morgan fingerprint density at radius 1 is 0.850 bits per heavy atom. The third-order valence-electron chi connectivity index (χ3n) is 2.76. The van der Waals surface area contributed by atoms with Crippen LogP contribution in [0.2, 0.25) is 0 Å². The molecule has 4 heteroatoms. The molecule has 0 aliphatic heterocycles. The molecule has 0 aromatic heterocycles. The van der Waals surface area contributed by atoms with Crippen molar-refractivity contribution >= 4 is 5.69 Å². The molecule has 0 spiro atoms. The summed E-state index contributed by atoms with van der Waals surface area (Å²) in [5.41, 5.74) is 6.34. The van der Waals surface area contributed by atoms with Gasteiger partial charge >= 0.3 is 0 Å². The molecule has 4 nitrogen and oxygen atoms in total. The highest BCUT2D eigenvalue weighted by molar-refractivity contribution is 5.41. The van der Waals surface area contributed by atoms with Crippen LogP contribution in [0.3, 0.4) is 0 Å². The molecule has 0 saturated heterocycles. The Kier molecular flexibility index (Phi) is 5.12. The first-order valence-corrected chi connectivity index (χ1v) is 6.54. The van der Waals surface area contributed by atoms with Crippen LogP contribution in [-0.4, -0.2) is 20.3 Å². The van der Waals surface area contributed by atoms with Crippen LogP contribution in [-0.2, 0) is 0 Å². The quantitative estimate of drug-likeness (QED) is 0.622. The second-order valence-corrected chi connectivity index (χ2v) is 4.27. The van der Waals surface area contributed by atoms with Crippen LogP contribution in [0.4, 0.5) is 5.69 Å². The largest absolute Gasteiger partial charge is 0.493 e. The van der Waals surface area contributed by atoms with E-state index in [-0.39, 0.29) is 0 Å². The van der Waals surface area contributed by atoms with Crippen molar-refractivity contribution < 1.29 is 14.2 Å². The molecule has 0 saturated carbocycles. The van der Waals surface area contributed by atoms with Gasteiger partial charge in [-0.15, -0.1) is 0 Å². The molecule has 0 aliphatic carbocycles. The van der Waals surface area contributed by atoms with Crippen molar-refractivity contribution in [3.63, 3.8) is 0 Å². The second-order valence-electron chi connectivity index (χ2n) is 4.27. The van der Waals surface area contributed by atoms with Crippen molar-refractivity contribution in [3.8, 4) is 17.2 Å². The van der Waals surface area contributed by atoms with E-state index < -0.39 is 0 Å². The molecule has 0 fully saturated rings. The fraction of sp³-hybridized carbons (Fsp3) is 0.250. The molecule has 2 rings (SSSR count). The van der Waals surface area contributed by atoms with Crippen molar-refractivity contribution in [2.45, 2.75) is 6.42 Å². The monoisotopic (exact) mass is 273 g/mol. The van der Waals surface area contributed by atoms with E-state index in [2.05, 4.69) is 0 Å². The van der Waals surface area contributed by atoms with E-state index in [4.69, 9.17) is 19.9 Å². The van der Waals surface area contributed by atoms with Gasteiger partial charge in [0, 0.05) is 12.1 Å². The van der Waals surface area contributed by atoms with Gasteiger partial charge in [-0.25, -0.2) is 0 Å². The number of nitrogen functional groups attached to an aromatic ring is 1. The first-order valence-electron chi connectivity index (χ1n) is 6.54. The molecule has 106 valence electrons. The summed E-state index contributed by atoms with van der Waals surface area (Å²) >= 11 is 0. The maximum absolute atomic E-state index is 5.66. The van der Waals surface area contributed by atoms with Crippen LogP contribution in [0, 0.1) is 0 Å². The number of benzene rings is 2. The highest BCUT2D eigenvalue weighted by Gasteiger charge is 2.02. The lowest BCUT2D eigenvalue weighted by molar-refractivity contribution is 0.240. The number of hydrogen-bond acceptors (Lipinski definition) is 4. The van der Waals surface area contributed by atoms with Crippen LogP contribution < -0.4 is 19.9 Å². The zero-order valence-corrected chi connectivity index (χ0v) is 11.5. The van der Waals surface area contributed by atoms with Crippen LogP contribution in [0.25, 0.3) is 0 Å². The number of methoxy groups -OCH3 is 1. The van der Waals surface area contributed by atoms with Gasteiger partial charge in [0.2, 0.25) is 0 Å². The Hall–Kier alpha value is -2.36. The van der Waals surface area contributed by atoms with Crippen LogP contribution in [0.1, 0.15) is 6.42 Å². The summed E-state index contributed by atoms with van der Waals surface area (Å²) in [4.78, 5) is 0. The predicted octanol–water partition coefficient (Wildman–Crippen LogP) is 3.13. The van der Waals surface area contributed by atoms with E-state index in [1.165, 1.54) is 0 Å². The highest BCUT2D eigenvalue weighted by Crippen LogP contribution is 2.25. The Balaban J connectivity index is 1.70. The van der Waals surface area contributed by atoms with Crippen molar-refractivity contribution in [2.75, 3.05) is 26.1 Å². The fourth-order valence-corrected chi connectivity index (χ4v) is 1.73. The average molecular weight is 273 g/mol. The maximum atomic E-state index is 5.66. The summed E-state index contributed by atoms with van der Waals surface area (Å²) in [5, 5.41) is 0. The molecule has 0 atom stereocenters.